The van der Waals surface area contributed by atoms with Gasteiger partial charge in [-0.1, -0.05) is 19.9 Å². The van der Waals surface area contributed by atoms with Crippen LogP contribution in [-0.2, 0) is 9.47 Å². The van der Waals surface area contributed by atoms with Crippen molar-refractivity contribution in [3.05, 3.63) is 33.9 Å². The maximum Gasteiger partial charge on any atom is 0.231 e. The molecular formula is C17H21NO6. The first-order valence-electron chi connectivity index (χ1n) is 8.21. The molecule has 1 aromatic carbocycles. The average Bonchev–Trinajstić information content (AvgIpc) is 3.13. The van der Waals surface area contributed by atoms with Crippen LogP contribution in [0.25, 0.3) is 0 Å². The number of nitrogens with zero attached hydrogens (tertiary/aromatic N) is 1. The Morgan fingerprint density at radius 2 is 1.88 bits per heavy atom. The summed E-state index contributed by atoms with van der Waals surface area (Å²) >= 11 is 0. The molecule has 2 unspecified atom stereocenters. The first-order chi connectivity index (χ1) is 11.4. The molecule has 2 atom stereocenters. The summed E-state index contributed by atoms with van der Waals surface area (Å²) < 4.78 is 22.6. The van der Waals surface area contributed by atoms with Crippen molar-refractivity contribution in [3.63, 3.8) is 0 Å². The van der Waals surface area contributed by atoms with Crippen LogP contribution in [0, 0.1) is 15.5 Å². The van der Waals surface area contributed by atoms with E-state index >= 15 is 0 Å². The Morgan fingerprint density at radius 3 is 2.58 bits per heavy atom. The van der Waals surface area contributed by atoms with Gasteiger partial charge in [0, 0.05) is 23.2 Å². The highest BCUT2D eigenvalue weighted by Crippen LogP contribution is 2.53. The Hall–Kier alpha value is -1.86. The first-order valence-corrected chi connectivity index (χ1v) is 8.21. The summed E-state index contributed by atoms with van der Waals surface area (Å²) in [5, 5.41) is 11.9. The van der Waals surface area contributed by atoms with E-state index in [9.17, 15) is 10.1 Å². The van der Waals surface area contributed by atoms with E-state index in [0.717, 1.165) is 5.56 Å². The van der Waals surface area contributed by atoms with E-state index in [1.165, 1.54) is 0 Å². The van der Waals surface area contributed by atoms with Crippen molar-refractivity contribution >= 4 is 0 Å². The summed E-state index contributed by atoms with van der Waals surface area (Å²) in [4.78, 5) is 11.7. The highest BCUT2D eigenvalue weighted by molar-refractivity contribution is 5.46. The second-order valence-electron chi connectivity index (χ2n) is 7.43. The van der Waals surface area contributed by atoms with Gasteiger partial charge in [-0.2, -0.15) is 0 Å². The Balaban J connectivity index is 1.75. The van der Waals surface area contributed by atoms with E-state index in [0.29, 0.717) is 37.6 Å². The molecule has 0 amide bonds. The molecule has 0 bridgehead atoms. The van der Waals surface area contributed by atoms with Crippen LogP contribution in [0.1, 0.15) is 38.2 Å². The molecule has 24 heavy (non-hydrogen) atoms. The Labute approximate surface area is 140 Å². The van der Waals surface area contributed by atoms with E-state index in [1.54, 1.807) is 0 Å². The van der Waals surface area contributed by atoms with Crippen molar-refractivity contribution in [2.75, 3.05) is 20.0 Å². The van der Waals surface area contributed by atoms with Crippen molar-refractivity contribution in [2.24, 2.45) is 5.41 Å². The van der Waals surface area contributed by atoms with Gasteiger partial charge in [0.05, 0.1) is 19.1 Å². The zero-order valence-electron chi connectivity index (χ0n) is 13.8. The topological polar surface area (TPSA) is 80.1 Å². The van der Waals surface area contributed by atoms with E-state index in [2.05, 4.69) is 0 Å². The van der Waals surface area contributed by atoms with Gasteiger partial charge in [0.2, 0.25) is 12.8 Å². The van der Waals surface area contributed by atoms with Crippen LogP contribution in [-0.4, -0.2) is 36.8 Å². The van der Waals surface area contributed by atoms with Crippen LogP contribution in [0.4, 0.5) is 0 Å². The number of ether oxygens (including phenoxy) is 4. The van der Waals surface area contributed by atoms with Gasteiger partial charge in [0.25, 0.3) is 0 Å². The van der Waals surface area contributed by atoms with Crippen molar-refractivity contribution in [2.45, 2.75) is 44.4 Å². The second kappa shape index (κ2) is 5.32. The number of fused-ring (bicyclic) bond motifs is 1. The molecule has 3 aliphatic rings. The van der Waals surface area contributed by atoms with Crippen molar-refractivity contribution in [3.8, 4) is 11.5 Å². The Morgan fingerprint density at radius 1 is 1.17 bits per heavy atom. The summed E-state index contributed by atoms with van der Waals surface area (Å²) in [6, 6.07) is 4.85. The number of benzene rings is 1. The summed E-state index contributed by atoms with van der Waals surface area (Å²) in [6.07, 6.45) is 0.994. The molecule has 130 valence electrons. The SMILES string of the molecule is CC1(C)CC2(CC(c3ccc4c(c3)OCO4)C1[N+](=O)[O-])OCCO2. The van der Waals surface area contributed by atoms with Gasteiger partial charge in [-0.15, -0.1) is 0 Å². The zero-order chi connectivity index (χ0) is 16.9. The number of hydrogen-bond acceptors (Lipinski definition) is 6. The lowest BCUT2D eigenvalue weighted by atomic mass is 9.64. The van der Waals surface area contributed by atoms with Gasteiger partial charge in [-0.3, -0.25) is 10.1 Å². The van der Waals surface area contributed by atoms with Gasteiger partial charge in [0.1, 0.15) is 0 Å². The molecule has 1 saturated carbocycles. The largest absolute Gasteiger partial charge is 0.454 e. The lowest BCUT2D eigenvalue weighted by molar-refractivity contribution is -0.553. The fraction of sp³-hybridized carbons (Fsp3) is 0.647. The highest BCUT2D eigenvalue weighted by Gasteiger charge is 2.58. The van der Waals surface area contributed by atoms with Crippen molar-refractivity contribution in [1.82, 2.24) is 0 Å². The average molecular weight is 335 g/mol. The van der Waals surface area contributed by atoms with Crippen LogP contribution in [0.3, 0.4) is 0 Å². The van der Waals surface area contributed by atoms with Crippen LogP contribution in [0.5, 0.6) is 11.5 Å². The Kier molecular flexibility index (Phi) is 3.47. The molecule has 1 aromatic rings. The smallest absolute Gasteiger partial charge is 0.231 e. The van der Waals surface area contributed by atoms with Gasteiger partial charge in [-0.05, 0) is 17.7 Å². The van der Waals surface area contributed by atoms with Crippen LogP contribution in [0.15, 0.2) is 18.2 Å². The third kappa shape index (κ3) is 2.43. The summed E-state index contributed by atoms with van der Waals surface area (Å²) in [5.41, 5.74) is 0.319. The molecule has 1 aliphatic carbocycles. The van der Waals surface area contributed by atoms with Crippen LogP contribution in [0.2, 0.25) is 0 Å². The van der Waals surface area contributed by atoms with Gasteiger partial charge >= 0.3 is 0 Å². The molecule has 4 rings (SSSR count). The Bertz CT molecular complexity index is 667. The molecule has 0 N–H and O–H groups in total. The van der Waals surface area contributed by atoms with E-state index in [4.69, 9.17) is 18.9 Å². The predicted molar refractivity (Wildman–Crippen MR) is 83.7 cm³/mol. The van der Waals surface area contributed by atoms with E-state index < -0.39 is 17.2 Å². The second-order valence-corrected chi connectivity index (χ2v) is 7.43. The van der Waals surface area contributed by atoms with Crippen LogP contribution >= 0.6 is 0 Å². The molecule has 2 fully saturated rings. The third-order valence-corrected chi connectivity index (χ3v) is 5.30. The fourth-order valence-electron chi connectivity index (χ4n) is 4.46. The molecule has 0 aromatic heterocycles. The normalized spacial score (nSPS) is 29.8. The minimum atomic E-state index is -0.725. The highest BCUT2D eigenvalue weighted by atomic mass is 16.7. The number of rotatable bonds is 2. The van der Waals surface area contributed by atoms with Gasteiger partial charge in [-0.25, -0.2) is 0 Å². The quantitative estimate of drug-likeness (QED) is 0.611. The van der Waals surface area contributed by atoms with Crippen LogP contribution < -0.4 is 9.47 Å². The molecule has 0 radical (unpaired) electrons. The van der Waals surface area contributed by atoms with Gasteiger partial charge < -0.3 is 18.9 Å². The minimum Gasteiger partial charge on any atom is -0.454 e. The van der Waals surface area contributed by atoms with E-state index in [1.807, 2.05) is 32.0 Å². The first kappa shape index (κ1) is 15.7. The van der Waals surface area contributed by atoms with Crippen molar-refractivity contribution < 1.29 is 23.9 Å². The summed E-state index contributed by atoms with van der Waals surface area (Å²) in [5.74, 6) is 0.281. The maximum atomic E-state index is 11.9. The predicted octanol–water partition coefficient (Wildman–Crippen LogP) is 2.71. The molecule has 1 saturated heterocycles. The molecule has 1 spiro atoms. The number of hydrogen-bond donors (Lipinski definition) is 0. The lowest BCUT2D eigenvalue weighted by Gasteiger charge is -2.46. The lowest BCUT2D eigenvalue weighted by Crippen LogP contribution is -2.53. The molecule has 7 heteroatoms. The minimum absolute atomic E-state index is 0.156. The molecule has 2 heterocycles. The monoisotopic (exact) mass is 335 g/mol. The molecule has 7 nitrogen and oxygen atoms in total. The maximum absolute atomic E-state index is 11.9. The third-order valence-electron chi connectivity index (χ3n) is 5.30. The zero-order valence-corrected chi connectivity index (χ0v) is 13.8. The standard InChI is InChI=1S/C17H21NO6/c1-16(2)9-17(23-5-6-24-17)8-12(15(16)18(19)20)11-3-4-13-14(7-11)22-10-21-13/h3-4,7,12,15H,5-6,8-10H2,1-2H3. The summed E-state index contributed by atoms with van der Waals surface area (Å²) in [7, 11) is 0. The summed E-state index contributed by atoms with van der Waals surface area (Å²) in [6.45, 7) is 5.10. The van der Waals surface area contributed by atoms with E-state index in [-0.39, 0.29) is 17.6 Å². The number of nitro groups is 1. The fourth-order valence-corrected chi connectivity index (χ4v) is 4.46. The van der Waals surface area contributed by atoms with Gasteiger partial charge in [0.15, 0.2) is 17.3 Å². The van der Waals surface area contributed by atoms with Crippen molar-refractivity contribution in [1.29, 1.82) is 0 Å². The molecule has 2 aliphatic heterocycles. The molecular weight excluding hydrogens is 314 g/mol.